The van der Waals surface area contributed by atoms with Gasteiger partial charge < -0.3 is 14.2 Å². The van der Waals surface area contributed by atoms with Gasteiger partial charge in [-0.1, -0.05) is 6.07 Å². The van der Waals surface area contributed by atoms with Crippen LogP contribution in [-0.2, 0) is 20.7 Å². The number of hydrogen-bond donors (Lipinski definition) is 0. The summed E-state index contributed by atoms with van der Waals surface area (Å²) in [6.45, 7) is 0.983. The summed E-state index contributed by atoms with van der Waals surface area (Å²) in [7, 11) is 0. The van der Waals surface area contributed by atoms with Crippen LogP contribution in [0.2, 0.25) is 0 Å². The Bertz CT molecular complexity index is 733. The summed E-state index contributed by atoms with van der Waals surface area (Å²) in [5, 5.41) is 0. The van der Waals surface area contributed by atoms with Gasteiger partial charge in [-0.3, -0.25) is 9.59 Å². The molecule has 1 aromatic carbocycles. The number of fused-ring (bicyclic) bond motifs is 1. The highest BCUT2D eigenvalue weighted by atomic mass is 16.6. The van der Waals surface area contributed by atoms with Gasteiger partial charge in [0.2, 0.25) is 0 Å². The second kappa shape index (κ2) is 6.54. The van der Waals surface area contributed by atoms with Crippen molar-refractivity contribution in [3.63, 3.8) is 0 Å². The van der Waals surface area contributed by atoms with Gasteiger partial charge in [0.15, 0.2) is 23.9 Å². The molecule has 0 atom stereocenters. The highest BCUT2D eigenvalue weighted by Gasteiger charge is 2.54. The lowest BCUT2D eigenvalue weighted by Crippen LogP contribution is -2.51. The van der Waals surface area contributed by atoms with Crippen LogP contribution in [0.1, 0.15) is 44.1 Å². The zero-order valence-corrected chi connectivity index (χ0v) is 15.6. The van der Waals surface area contributed by atoms with Crippen LogP contribution >= 0.6 is 0 Å². The largest absolute Gasteiger partial charge is 0.486 e. The maximum absolute atomic E-state index is 12.9. The molecule has 4 aliphatic carbocycles. The molecule has 0 amide bonds. The van der Waals surface area contributed by atoms with Crippen LogP contribution in [0.15, 0.2) is 18.2 Å². The molecule has 1 aliphatic heterocycles. The molecule has 4 saturated carbocycles. The summed E-state index contributed by atoms with van der Waals surface area (Å²) in [5.41, 5.74) is 0.609. The van der Waals surface area contributed by atoms with Crippen LogP contribution in [-0.4, -0.2) is 31.6 Å². The van der Waals surface area contributed by atoms with Gasteiger partial charge in [-0.15, -0.1) is 0 Å². The van der Waals surface area contributed by atoms with E-state index in [1.807, 2.05) is 18.2 Å². The normalized spacial score (nSPS) is 33.0. The molecule has 6 rings (SSSR count). The summed E-state index contributed by atoms with van der Waals surface area (Å²) in [6, 6.07) is 5.48. The highest BCUT2D eigenvalue weighted by Crippen LogP contribution is 2.60. The van der Waals surface area contributed by atoms with Gasteiger partial charge in [-0.25, -0.2) is 0 Å². The average Bonchev–Trinajstić information content (AvgIpc) is 2.65. The number of carbonyl (C=O) groups is 2. The molecule has 5 heteroatoms. The third-order valence-corrected chi connectivity index (χ3v) is 6.95. The fourth-order valence-electron chi connectivity index (χ4n) is 6.17. The van der Waals surface area contributed by atoms with E-state index in [4.69, 9.17) is 14.2 Å². The molecule has 0 aromatic heterocycles. The molecule has 5 nitrogen and oxygen atoms in total. The maximum atomic E-state index is 12.9. The summed E-state index contributed by atoms with van der Waals surface area (Å²) in [4.78, 5) is 25.2. The van der Waals surface area contributed by atoms with E-state index in [1.54, 1.807) is 0 Å². The predicted molar refractivity (Wildman–Crippen MR) is 97.7 cm³/mol. The average molecular weight is 370 g/mol. The smallest absolute Gasteiger partial charge is 0.310 e. The Morgan fingerprint density at radius 1 is 0.963 bits per heavy atom. The van der Waals surface area contributed by atoms with Crippen molar-refractivity contribution in [2.45, 2.75) is 44.9 Å². The molecule has 0 N–H and O–H groups in total. The van der Waals surface area contributed by atoms with Gasteiger partial charge in [0.05, 0.1) is 6.42 Å². The van der Waals surface area contributed by atoms with E-state index >= 15 is 0 Å². The number of ketones is 1. The first-order valence-electron chi connectivity index (χ1n) is 10.2. The molecule has 1 aromatic rings. The molecule has 5 aliphatic rings. The third-order valence-electron chi connectivity index (χ3n) is 6.95. The van der Waals surface area contributed by atoms with E-state index in [-0.39, 0.29) is 30.2 Å². The molecular weight excluding hydrogens is 344 g/mol. The van der Waals surface area contributed by atoms with Crippen LogP contribution in [0.25, 0.3) is 0 Å². The van der Waals surface area contributed by atoms with Crippen LogP contribution in [0.4, 0.5) is 0 Å². The van der Waals surface area contributed by atoms with Gasteiger partial charge in [0.25, 0.3) is 0 Å². The van der Waals surface area contributed by atoms with Gasteiger partial charge in [0, 0.05) is 5.41 Å². The van der Waals surface area contributed by atoms with Crippen LogP contribution in [0.5, 0.6) is 11.5 Å². The van der Waals surface area contributed by atoms with Crippen molar-refractivity contribution in [2.24, 2.45) is 23.2 Å². The Balaban J connectivity index is 1.18. The quantitative estimate of drug-likeness (QED) is 0.744. The van der Waals surface area contributed by atoms with E-state index < -0.39 is 0 Å². The Morgan fingerprint density at radius 3 is 2.26 bits per heavy atom. The number of benzene rings is 1. The minimum Gasteiger partial charge on any atom is -0.486 e. The minimum atomic E-state index is -0.357. The summed E-state index contributed by atoms with van der Waals surface area (Å²) >= 11 is 0. The number of carbonyl (C=O) groups excluding carboxylic acids is 2. The van der Waals surface area contributed by atoms with Crippen LogP contribution < -0.4 is 9.47 Å². The van der Waals surface area contributed by atoms with Gasteiger partial charge in [-0.2, -0.15) is 0 Å². The van der Waals surface area contributed by atoms with Crippen LogP contribution in [0, 0.1) is 23.2 Å². The first-order chi connectivity index (χ1) is 13.1. The molecule has 27 heavy (non-hydrogen) atoms. The maximum Gasteiger partial charge on any atom is 0.310 e. The van der Waals surface area contributed by atoms with Crippen molar-refractivity contribution in [1.29, 1.82) is 0 Å². The highest BCUT2D eigenvalue weighted by molar-refractivity contribution is 5.88. The number of Topliss-reactive ketones (excluding diaryl/α,β-unsaturated/α-hetero) is 1. The Kier molecular flexibility index (Phi) is 4.14. The molecule has 0 unspecified atom stereocenters. The van der Waals surface area contributed by atoms with Crippen molar-refractivity contribution < 1.29 is 23.8 Å². The zero-order valence-electron chi connectivity index (χ0n) is 15.6. The first-order valence-corrected chi connectivity index (χ1v) is 10.2. The summed E-state index contributed by atoms with van der Waals surface area (Å²) < 4.78 is 16.4. The Labute approximate surface area is 159 Å². The van der Waals surface area contributed by atoms with E-state index in [0.29, 0.717) is 42.5 Å². The molecule has 4 fully saturated rings. The second-order valence-electron chi connectivity index (χ2n) is 8.94. The topological polar surface area (TPSA) is 61.8 Å². The van der Waals surface area contributed by atoms with E-state index in [9.17, 15) is 9.59 Å². The van der Waals surface area contributed by atoms with Crippen molar-refractivity contribution in [1.82, 2.24) is 0 Å². The number of hydrogen-bond acceptors (Lipinski definition) is 5. The van der Waals surface area contributed by atoms with Crippen molar-refractivity contribution in [3.8, 4) is 11.5 Å². The van der Waals surface area contributed by atoms with Gasteiger partial charge in [-0.05, 0) is 74.0 Å². The molecule has 1 heterocycles. The molecule has 4 bridgehead atoms. The summed E-state index contributed by atoms with van der Waals surface area (Å²) in [6.07, 6.45) is 7.08. The lowest BCUT2D eigenvalue weighted by Gasteiger charge is -2.55. The minimum absolute atomic E-state index is 0.0739. The summed E-state index contributed by atoms with van der Waals surface area (Å²) in [5.74, 6) is 3.31. The van der Waals surface area contributed by atoms with E-state index in [1.165, 1.54) is 19.3 Å². The fraction of sp³-hybridized carbons (Fsp3) is 0.636. The lowest BCUT2D eigenvalue weighted by molar-refractivity contribution is -0.157. The van der Waals surface area contributed by atoms with E-state index in [0.717, 1.165) is 24.8 Å². The molecule has 0 spiro atoms. The number of rotatable bonds is 5. The molecule has 144 valence electrons. The van der Waals surface area contributed by atoms with Gasteiger partial charge >= 0.3 is 5.97 Å². The predicted octanol–water partition coefficient (Wildman–Crippen LogP) is 3.33. The standard InChI is InChI=1S/C22H26O5/c23-20(22-10-15-5-16(11-22)7-17(6-15)12-22)13-27-21(24)9-14-1-2-18-19(8-14)26-4-3-25-18/h1-2,8,15-17H,3-7,9-13H2. The van der Waals surface area contributed by atoms with Crippen molar-refractivity contribution >= 4 is 11.8 Å². The second-order valence-corrected chi connectivity index (χ2v) is 8.94. The fourth-order valence-corrected chi connectivity index (χ4v) is 6.17. The molecular formula is C22H26O5. The van der Waals surface area contributed by atoms with E-state index in [2.05, 4.69) is 0 Å². The zero-order chi connectivity index (χ0) is 18.4. The SMILES string of the molecule is O=C(Cc1ccc2c(c1)OCCO2)OCC(=O)C12CC3CC(CC(C3)C1)C2. The van der Waals surface area contributed by atoms with Crippen molar-refractivity contribution in [2.75, 3.05) is 19.8 Å². The Morgan fingerprint density at radius 2 is 1.59 bits per heavy atom. The first kappa shape index (κ1) is 17.1. The number of ether oxygens (including phenoxy) is 3. The monoisotopic (exact) mass is 370 g/mol. The molecule has 0 radical (unpaired) electrons. The van der Waals surface area contributed by atoms with Crippen molar-refractivity contribution in [3.05, 3.63) is 23.8 Å². The Hall–Kier alpha value is -2.04. The van der Waals surface area contributed by atoms with Gasteiger partial charge in [0.1, 0.15) is 13.2 Å². The lowest BCUT2D eigenvalue weighted by atomic mass is 9.48. The number of esters is 1. The molecule has 0 saturated heterocycles. The van der Waals surface area contributed by atoms with Crippen LogP contribution in [0.3, 0.4) is 0 Å². The third kappa shape index (κ3) is 3.21.